The Labute approximate surface area is 280 Å². The summed E-state index contributed by atoms with van der Waals surface area (Å²) in [5, 5.41) is 23.1. The minimum atomic E-state index is -0.960. The minimum Gasteiger partial charge on any atom is -0.507 e. The molecule has 232 valence electrons. The van der Waals surface area contributed by atoms with Gasteiger partial charge in [-0.05, 0) is 71.6 Å². The van der Waals surface area contributed by atoms with Crippen molar-refractivity contribution in [2.75, 3.05) is 4.90 Å². The van der Waals surface area contributed by atoms with Gasteiger partial charge in [-0.3, -0.25) is 14.5 Å². The topological polar surface area (TPSA) is 92.6 Å². The summed E-state index contributed by atoms with van der Waals surface area (Å²) in [6.45, 7) is 3.77. The molecule has 1 unspecified atom stereocenters. The summed E-state index contributed by atoms with van der Waals surface area (Å²) in [4.78, 5) is 29.0. The molecular formula is C38H29N3O4S2. The Bertz CT molecular complexity index is 2170. The first-order chi connectivity index (χ1) is 22.9. The third-order valence-electron chi connectivity index (χ3n) is 8.08. The van der Waals surface area contributed by atoms with Crippen molar-refractivity contribution in [1.29, 1.82) is 0 Å². The van der Waals surface area contributed by atoms with Crippen LogP contribution in [0.2, 0.25) is 0 Å². The Kier molecular flexibility index (Phi) is 8.32. The van der Waals surface area contributed by atoms with Gasteiger partial charge in [0.25, 0.3) is 5.78 Å². The van der Waals surface area contributed by atoms with Gasteiger partial charge in [0, 0.05) is 11.3 Å². The average Bonchev–Trinajstić information content (AvgIpc) is 3.66. The Morgan fingerprint density at radius 3 is 2.45 bits per heavy atom. The number of nitrogens with zero attached hydrogens (tertiary/aromatic N) is 3. The summed E-state index contributed by atoms with van der Waals surface area (Å²) in [5.41, 5.74) is 3.92. The van der Waals surface area contributed by atoms with E-state index >= 15 is 0 Å². The zero-order valence-electron chi connectivity index (χ0n) is 25.6. The van der Waals surface area contributed by atoms with Gasteiger partial charge in [0.05, 0.1) is 11.6 Å². The van der Waals surface area contributed by atoms with Crippen molar-refractivity contribution in [2.45, 2.75) is 30.0 Å². The van der Waals surface area contributed by atoms with Gasteiger partial charge in [-0.15, -0.1) is 10.2 Å². The van der Waals surface area contributed by atoms with Gasteiger partial charge in [0.2, 0.25) is 5.13 Å². The van der Waals surface area contributed by atoms with Crippen LogP contribution in [-0.4, -0.2) is 27.0 Å². The molecule has 5 aromatic carbocycles. The van der Waals surface area contributed by atoms with E-state index in [1.165, 1.54) is 33.4 Å². The molecule has 1 aromatic heterocycles. The van der Waals surface area contributed by atoms with Crippen molar-refractivity contribution in [3.8, 4) is 11.5 Å². The van der Waals surface area contributed by atoms with Crippen LogP contribution < -0.4 is 9.64 Å². The number of Topliss-reactive ketones (excluding diaryl/α,β-unsaturated/α-hetero) is 1. The summed E-state index contributed by atoms with van der Waals surface area (Å²) >= 11 is 2.76. The van der Waals surface area contributed by atoms with Crippen LogP contribution in [0.4, 0.5) is 5.13 Å². The molecule has 0 aliphatic carbocycles. The monoisotopic (exact) mass is 655 g/mol. The number of aliphatic hydroxyl groups excluding tert-OH is 1. The van der Waals surface area contributed by atoms with Gasteiger partial charge >= 0.3 is 5.91 Å². The average molecular weight is 656 g/mol. The zero-order chi connectivity index (χ0) is 32.5. The molecule has 1 saturated heterocycles. The molecule has 6 aromatic rings. The molecule has 0 spiro atoms. The number of rotatable bonds is 8. The molecule has 0 bridgehead atoms. The highest BCUT2D eigenvalue weighted by Gasteiger charge is 2.48. The van der Waals surface area contributed by atoms with Crippen molar-refractivity contribution >= 4 is 56.5 Å². The Morgan fingerprint density at radius 1 is 0.851 bits per heavy atom. The molecule has 7 rings (SSSR count). The van der Waals surface area contributed by atoms with Crippen LogP contribution in [0.25, 0.3) is 16.5 Å². The summed E-state index contributed by atoms with van der Waals surface area (Å²) in [5.74, 6) is 0.0205. The second-order valence-electron chi connectivity index (χ2n) is 11.3. The number of thioether (sulfide) groups is 1. The van der Waals surface area contributed by atoms with Crippen molar-refractivity contribution in [2.24, 2.45) is 0 Å². The maximum absolute atomic E-state index is 13.8. The number of benzene rings is 5. The molecule has 0 saturated carbocycles. The fourth-order valence-corrected chi connectivity index (χ4v) is 7.64. The molecule has 1 aliphatic heterocycles. The quantitative estimate of drug-likeness (QED) is 0.0575. The molecular weight excluding hydrogens is 627 g/mol. The van der Waals surface area contributed by atoms with Gasteiger partial charge in [0.1, 0.15) is 17.3 Å². The van der Waals surface area contributed by atoms with Crippen molar-refractivity contribution in [1.82, 2.24) is 10.2 Å². The molecule has 9 heteroatoms. The lowest BCUT2D eigenvalue weighted by Crippen LogP contribution is -2.29. The van der Waals surface area contributed by atoms with Gasteiger partial charge < -0.3 is 9.84 Å². The van der Waals surface area contributed by atoms with E-state index < -0.39 is 17.7 Å². The largest absolute Gasteiger partial charge is 0.507 e. The van der Waals surface area contributed by atoms with Crippen LogP contribution in [0.3, 0.4) is 0 Å². The standard InChI is InChI=1S/C38H29N3O4S2/c1-23-18-19-24(2)31(20-23)34(42)32-33(26-12-9-16-29(21-26)45-28-14-4-3-5-15-28)41(36(44)35(32)43)37-39-40-38(47-37)46-22-27-13-8-11-25-10-6-7-17-30(25)27/h3-21,33,42H,22H2,1-2H3/b34-32+. The number of hydrogen-bond acceptors (Lipinski definition) is 8. The number of para-hydroxylation sites is 1. The minimum absolute atomic E-state index is 0.0132. The molecule has 47 heavy (non-hydrogen) atoms. The second kappa shape index (κ2) is 12.9. The smallest absolute Gasteiger partial charge is 0.301 e. The maximum Gasteiger partial charge on any atom is 0.301 e. The van der Waals surface area contributed by atoms with E-state index in [2.05, 4.69) is 34.5 Å². The molecule has 1 fully saturated rings. The third-order valence-corrected chi connectivity index (χ3v) is 10.2. The SMILES string of the molecule is Cc1ccc(C)c(/C(O)=C2\C(=O)C(=O)N(c3nnc(SCc4cccc5ccccc45)s3)C2c2cccc(Oc3ccccc3)c2)c1. The van der Waals surface area contributed by atoms with Crippen LogP contribution in [0.5, 0.6) is 11.5 Å². The Morgan fingerprint density at radius 2 is 1.60 bits per heavy atom. The number of ketones is 1. The van der Waals surface area contributed by atoms with E-state index in [1.807, 2.05) is 86.6 Å². The van der Waals surface area contributed by atoms with E-state index in [1.54, 1.807) is 18.2 Å². The van der Waals surface area contributed by atoms with Crippen LogP contribution in [0.15, 0.2) is 125 Å². The summed E-state index contributed by atoms with van der Waals surface area (Å²) in [6, 6.07) is 35.7. The number of aliphatic hydroxyl groups is 1. The molecule has 0 radical (unpaired) electrons. The lowest BCUT2D eigenvalue weighted by Gasteiger charge is -2.23. The number of aryl methyl sites for hydroxylation is 2. The van der Waals surface area contributed by atoms with Crippen molar-refractivity contribution < 1.29 is 19.4 Å². The lowest BCUT2D eigenvalue weighted by atomic mass is 9.93. The van der Waals surface area contributed by atoms with Crippen molar-refractivity contribution in [3.05, 3.63) is 149 Å². The number of fused-ring (bicyclic) bond motifs is 1. The zero-order valence-corrected chi connectivity index (χ0v) is 27.2. The van der Waals surface area contributed by atoms with Crippen LogP contribution in [0, 0.1) is 13.8 Å². The van der Waals surface area contributed by atoms with Gasteiger partial charge in [-0.1, -0.05) is 114 Å². The van der Waals surface area contributed by atoms with Crippen LogP contribution in [0.1, 0.15) is 33.9 Å². The van der Waals surface area contributed by atoms with Crippen LogP contribution >= 0.6 is 23.1 Å². The van der Waals surface area contributed by atoms with Gasteiger partial charge in [0.15, 0.2) is 4.34 Å². The summed E-state index contributed by atoms with van der Waals surface area (Å²) < 4.78 is 6.76. The highest BCUT2D eigenvalue weighted by atomic mass is 32.2. The molecule has 1 N–H and O–H groups in total. The van der Waals surface area contributed by atoms with E-state index in [0.29, 0.717) is 32.7 Å². The number of carbonyl (C=O) groups excluding carboxylic acids is 2. The first-order valence-corrected chi connectivity index (χ1v) is 16.8. The Hall–Kier alpha value is -5.25. The third kappa shape index (κ3) is 6.03. The summed E-state index contributed by atoms with van der Waals surface area (Å²) in [6.07, 6.45) is 0. The summed E-state index contributed by atoms with van der Waals surface area (Å²) in [7, 11) is 0. The first-order valence-electron chi connectivity index (χ1n) is 15.0. The van der Waals surface area contributed by atoms with Gasteiger partial charge in [-0.25, -0.2) is 0 Å². The number of anilines is 1. The van der Waals surface area contributed by atoms with Crippen molar-refractivity contribution in [3.63, 3.8) is 0 Å². The van der Waals surface area contributed by atoms with E-state index in [4.69, 9.17) is 4.74 Å². The highest BCUT2D eigenvalue weighted by Crippen LogP contribution is 2.45. The predicted molar refractivity (Wildman–Crippen MR) is 187 cm³/mol. The number of carbonyl (C=O) groups is 2. The fraction of sp³-hybridized carbons (Fsp3) is 0.105. The first kappa shape index (κ1) is 30.4. The maximum atomic E-state index is 13.8. The molecule has 7 nitrogen and oxygen atoms in total. The van der Waals surface area contributed by atoms with E-state index in [0.717, 1.165) is 22.1 Å². The predicted octanol–water partition coefficient (Wildman–Crippen LogP) is 9.02. The highest BCUT2D eigenvalue weighted by molar-refractivity contribution is 8.00. The Balaban J connectivity index is 1.28. The lowest BCUT2D eigenvalue weighted by molar-refractivity contribution is -0.132. The molecule has 1 amide bonds. The van der Waals surface area contributed by atoms with Gasteiger partial charge in [-0.2, -0.15) is 0 Å². The molecule has 1 atom stereocenters. The fourth-order valence-electron chi connectivity index (χ4n) is 5.77. The van der Waals surface area contributed by atoms with Crippen LogP contribution in [-0.2, 0) is 15.3 Å². The second-order valence-corrected chi connectivity index (χ2v) is 13.4. The molecule has 2 heterocycles. The number of ether oxygens (including phenoxy) is 1. The van der Waals surface area contributed by atoms with E-state index in [-0.39, 0.29) is 16.5 Å². The van der Waals surface area contributed by atoms with E-state index in [9.17, 15) is 14.7 Å². The number of amides is 1. The number of aromatic nitrogens is 2. The number of hydrogen-bond donors (Lipinski definition) is 1. The molecule has 1 aliphatic rings. The normalized spacial score (nSPS) is 15.8.